The molecular weight excluding hydrogens is 292 g/mol. The molecule has 0 bridgehead atoms. The van der Waals surface area contributed by atoms with Gasteiger partial charge in [0, 0.05) is 25.2 Å². The number of rotatable bonds is 6. The van der Waals surface area contributed by atoms with Gasteiger partial charge in [-0.3, -0.25) is 0 Å². The largest absolute Gasteiger partial charge is 0.472 e. The van der Waals surface area contributed by atoms with Gasteiger partial charge < -0.3 is 19.8 Å². The number of ether oxygens (including phenoxy) is 1. The normalized spacial score (nSPS) is 11.3. The molecule has 0 unspecified atom stereocenters. The summed E-state index contributed by atoms with van der Waals surface area (Å²) in [5, 5.41) is 6.10. The van der Waals surface area contributed by atoms with Crippen molar-refractivity contribution in [1.82, 2.24) is 10.6 Å². The average Bonchev–Trinajstić information content (AvgIpc) is 2.98. The molecule has 1 aromatic heterocycles. The highest BCUT2D eigenvalue weighted by Gasteiger charge is 2.15. The predicted octanol–water partition coefficient (Wildman–Crippen LogP) is 3.59. The van der Waals surface area contributed by atoms with E-state index in [1.54, 1.807) is 12.5 Å². The van der Waals surface area contributed by atoms with Crippen LogP contribution in [0.1, 0.15) is 37.5 Å². The number of alkyl carbamates (subject to hydrolysis) is 1. The van der Waals surface area contributed by atoms with Crippen LogP contribution in [0.5, 0.6) is 0 Å². The van der Waals surface area contributed by atoms with Gasteiger partial charge in [-0.25, -0.2) is 4.79 Å². The smallest absolute Gasteiger partial charge is 0.407 e. The molecule has 5 nitrogen and oxygen atoms in total. The van der Waals surface area contributed by atoms with Gasteiger partial charge in [-0.2, -0.15) is 0 Å². The Balaban J connectivity index is 1.72. The fraction of sp³-hybridized carbons (Fsp3) is 0.389. The van der Waals surface area contributed by atoms with Crippen molar-refractivity contribution in [2.45, 2.75) is 46.0 Å². The molecule has 0 saturated carbocycles. The van der Waals surface area contributed by atoms with E-state index in [2.05, 4.69) is 22.8 Å². The Morgan fingerprint density at radius 3 is 2.17 bits per heavy atom. The van der Waals surface area contributed by atoms with Gasteiger partial charge in [0.05, 0.1) is 12.5 Å². The first kappa shape index (κ1) is 17.1. The topological polar surface area (TPSA) is 63.5 Å². The van der Waals surface area contributed by atoms with E-state index in [0.29, 0.717) is 6.54 Å². The van der Waals surface area contributed by atoms with Crippen LogP contribution in [0.15, 0.2) is 47.3 Å². The van der Waals surface area contributed by atoms with Crippen molar-refractivity contribution in [3.63, 3.8) is 0 Å². The second-order valence-electron chi connectivity index (χ2n) is 6.41. The molecule has 2 aromatic rings. The highest BCUT2D eigenvalue weighted by molar-refractivity contribution is 5.67. The number of benzene rings is 1. The third kappa shape index (κ3) is 6.57. The summed E-state index contributed by atoms with van der Waals surface area (Å²) in [6.45, 7) is 7.55. The highest BCUT2D eigenvalue weighted by atomic mass is 16.6. The fourth-order valence-electron chi connectivity index (χ4n) is 2.01. The summed E-state index contributed by atoms with van der Waals surface area (Å²) >= 11 is 0. The molecule has 0 aliphatic rings. The van der Waals surface area contributed by atoms with Crippen molar-refractivity contribution < 1.29 is 13.9 Å². The average molecular weight is 316 g/mol. The van der Waals surface area contributed by atoms with Crippen LogP contribution in [0.3, 0.4) is 0 Å². The van der Waals surface area contributed by atoms with E-state index in [1.165, 1.54) is 5.56 Å². The number of nitrogens with one attached hydrogen (secondary N) is 2. The van der Waals surface area contributed by atoms with Crippen molar-refractivity contribution in [1.29, 1.82) is 0 Å². The molecule has 0 spiro atoms. The SMILES string of the molecule is CC(C)(C)OC(=O)NCc1ccc(CNCc2ccoc2)cc1. The molecule has 2 rings (SSSR count). The monoisotopic (exact) mass is 316 g/mol. The lowest BCUT2D eigenvalue weighted by atomic mass is 10.1. The Hall–Kier alpha value is -2.27. The molecule has 0 radical (unpaired) electrons. The highest BCUT2D eigenvalue weighted by Crippen LogP contribution is 2.08. The minimum absolute atomic E-state index is 0.400. The van der Waals surface area contributed by atoms with E-state index in [9.17, 15) is 4.79 Å². The standard InChI is InChI=1S/C18H24N2O3/c1-18(2,3)23-17(21)20-12-15-6-4-14(5-7-15)10-19-11-16-8-9-22-13-16/h4-9,13,19H,10-12H2,1-3H3,(H,20,21). The Morgan fingerprint density at radius 2 is 1.61 bits per heavy atom. The van der Waals surface area contributed by atoms with Crippen LogP contribution in [0, 0.1) is 0 Å². The molecule has 1 amide bonds. The van der Waals surface area contributed by atoms with E-state index in [1.807, 2.05) is 39.0 Å². The van der Waals surface area contributed by atoms with Gasteiger partial charge in [-0.1, -0.05) is 24.3 Å². The van der Waals surface area contributed by atoms with Gasteiger partial charge in [0.15, 0.2) is 0 Å². The molecule has 0 saturated heterocycles. The first-order valence-corrected chi connectivity index (χ1v) is 7.69. The van der Waals surface area contributed by atoms with Crippen molar-refractivity contribution in [2.24, 2.45) is 0 Å². The van der Waals surface area contributed by atoms with E-state index in [-0.39, 0.29) is 0 Å². The summed E-state index contributed by atoms with van der Waals surface area (Å²) < 4.78 is 10.2. The molecule has 0 atom stereocenters. The maximum Gasteiger partial charge on any atom is 0.407 e. The second kappa shape index (κ2) is 7.83. The van der Waals surface area contributed by atoms with Gasteiger partial charge in [-0.05, 0) is 38.0 Å². The van der Waals surface area contributed by atoms with Crippen LogP contribution in [0.4, 0.5) is 4.79 Å². The van der Waals surface area contributed by atoms with Crippen LogP contribution in [-0.2, 0) is 24.4 Å². The van der Waals surface area contributed by atoms with E-state index in [4.69, 9.17) is 9.15 Å². The second-order valence-corrected chi connectivity index (χ2v) is 6.41. The lowest BCUT2D eigenvalue weighted by Gasteiger charge is -2.19. The molecule has 2 N–H and O–H groups in total. The molecule has 1 heterocycles. The molecule has 1 aromatic carbocycles. The minimum atomic E-state index is -0.478. The summed E-state index contributed by atoms with van der Waals surface area (Å²) in [6.07, 6.45) is 3.01. The van der Waals surface area contributed by atoms with E-state index >= 15 is 0 Å². The third-order valence-electron chi connectivity index (χ3n) is 3.10. The zero-order chi connectivity index (χ0) is 16.7. The van der Waals surface area contributed by atoms with Gasteiger partial charge >= 0.3 is 6.09 Å². The summed E-state index contributed by atoms with van der Waals surface area (Å²) in [4.78, 5) is 11.6. The molecule has 5 heteroatoms. The van der Waals surface area contributed by atoms with Crippen molar-refractivity contribution in [3.8, 4) is 0 Å². The first-order chi connectivity index (χ1) is 10.9. The number of hydrogen-bond donors (Lipinski definition) is 2. The van der Waals surface area contributed by atoms with Crippen LogP contribution < -0.4 is 10.6 Å². The number of furan rings is 1. The maximum atomic E-state index is 11.6. The van der Waals surface area contributed by atoms with Crippen LogP contribution >= 0.6 is 0 Å². The predicted molar refractivity (Wildman–Crippen MR) is 88.8 cm³/mol. The van der Waals surface area contributed by atoms with E-state index < -0.39 is 11.7 Å². The molecule has 23 heavy (non-hydrogen) atoms. The minimum Gasteiger partial charge on any atom is -0.472 e. The molecular formula is C18H24N2O3. The first-order valence-electron chi connectivity index (χ1n) is 7.69. The Kier molecular flexibility index (Phi) is 5.82. The zero-order valence-electron chi connectivity index (χ0n) is 13.9. The van der Waals surface area contributed by atoms with Crippen LogP contribution in [0.2, 0.25) is 0 Å². The Bertz CT molecular complexity index is 598. The summed E-state index contributed by atoms with van der Waals surface area (Å²) in [5.41, 5.74) is 2.88. The van der Waals surface area contributed by atoms with Crippen molar-refractivity contribution >= 4 is 6.09 Å². The number of hydrogen-bond acceptors (Lipinski definition) is 4. The van der Waals surface area contributed by atoms with Crippen LogP contribution in [-0.4, -0.2) is 11.7 Å². The molecule has 0 aliphatic carbocycles. The van der Waals surface area contributed by atoms with Gasteiger partial charge in [0.1, 0.15) is 5.60 Å². The summed E-state index contributed by atoms with van der Waals surface area (Å²) in [7, 11) is 0. The summed E-state index contributed by atoms with van der Waals surface area (Å²) in [5.74, 6) is 0. The molecule has 124 valence electrons. The van der Waals surface area contributed by atoms with Gasteiger partial charge in [-0.15, -0.1) is 0 Å². The summed E-state index contributed by atoms with van der Waals surface area (Å²) in [6, 6.07) is 10.1. The van der Waals surface area contributed by atoms with Crippen molar-refractivity contribution in [3.05, 3.63) is 59.5 Å². The number of amides is 1. The zero-order valence-corrected chi connectivity index (χ0v) is 13.9. The Morgan fingerprint density at radius 1 is 1.00 bits per heavy atom. The molecule has 0 fully saturated rings. The van der Waals surface area contributed by atoms with Gasteiger partial charge in [0.25, 0.3) is 0 Å². The number of carbonyl (C=O) groups is 1. The maximum absolute atomic E-state index is 11.6. The van der Waals surface area contributed by atoms with E-state index in [0.717, 1.165) is 24.2 Å². The fourth-order valence-corrected chi connectivity index (χ4v) is 2.01. The number of carbonyl (C=O) groups excluding carboxylic acids is 1. The van der Waals surface area contributed by atoms with Gasteiger partial charge in [0.2, 0.25) is 0 Å². The lowest BCUT2D eigenvalue weighted by molar-refractivity contribution is 0.0523. The Labute approximate surface area is 137 Å². The quantitative estimate of drug-likeness (QED) is 0.855. The third-order valence-corrected chi connectivity index (χ3v) is 3.10. The van der Waals surface area contributed by atoms with Crippen molar-refractivity contribution in [2.75, 3.05) is 0 Å². The molecule has 0 aliphatic heterocycles. The lowest BCUT2D eigenvalue weighted by Crippen LogP contribution is -2.32. The van der Waals surface area contributed by atoms with Crippen LogP contribution in [0.25, 0.3) is 0 Å².